The number of hydrogen-bond acceptors (Lipinski definition) is 4. The molecule has 0 spiro atoms. The first kappa shape index (κ1) is 15.4. The Kier molecular flexibility index (Phi) is 6.27. The molecule has 0 bridgehead atoms. The summed E-state index contributed by atoms with van der Waals surface area (Å²) in [6, 6.07) is -1.03. The molecule has 7 nitrogen and oxygen atoms in total. The molecule has 1 unspecified atom stereocenters. The zero-order valence-corrected chi connectivity index (χ0v) is 10.6. The molecular weight excluding hydrogens is 254 g/mol. The van der Waals surface area contributed by atoms with E-state index in [9.17, 15) is 14.4 Å². The van der Waals surface area contributed by atoms with Crippen molar-refractivity contribution in [3.8, 4) is 0 Å². The molecule has 0 radical (unpaired) electrons. The minimum Gasteiger partial charge on any atom is -0.481 e. The third-order valence-corrected chi connectivity index (χ3v) is 2.95. The Bertz CT molecular complexity index is 337. The molecule has 19 heavy (non-hydrogen) atoms. The highest BCUT2D eigenvalue weighted by Gasteiger charge is 2.23. The first-order chi connectivity index (χ1) is 8.99. The maximum atomic E-state index is 11.6. The second-order valence-corrected chi connectivity index (χ2v) is 4.58. The van der Waals surface area contributed by atoms with Gasteiger partial charge in [0.05, 0.1) is 12.5 Å². The molecular formula is C12H19NO6. The topological polar surface area (TPSA) is 113 Å². The summed E-state index contributed by atoms with van der Waals surface area (Å²) < 4.78 is 5.29. The molecule has 1 aliphatic heterocycles. The average molecular weight is 273 g/mol. The van der Waals surface area contributed by atoms with Crippen molar-refractivity contribution in [1.82, 2.24) is 5.32 Å². The second kappa shape index (κ2) is 7.73. The summed E-state index contributed by atoms with van der Waals surface area (Å²) in [5, 5.41) is 19.8. The Morgan fingerprint density at radius 2 is 2.05 bits per heavy atom. The van der Waals surface area contributed by atoms with Gasteiger partial charge in [0.15, 0.2) is 0 Å². The van der Waals surface area contributed by atoms with Crippen LogP contribution in [0.3, 0.4) is 0 Å². The van der Waals surface area contributed by atoms with Crippen molar-refractivity contribution in [3.05, 3.63) is 0 Å². The number of carboxylic acid groups (broad SMARTS) is 2. The quantitative estimate of drug-likeness (QED) is 0.589. The number of nitrogens with one attached hydrogen (secondary N) is 1. The maximum Gasteiger partial charge on any atom is 0.326 e. The van der Waals surface area contributed by atoms with E-state index in [0.29, 0.717) is 6.61 Å². The van der Waals surface area contributed by atoms with E-state index in [1.807, 2.05) is 0 Å². The summed E-state index contributed by atoms with van der Waals surface area (Å²) in [5.41, 5.74) is 0. The van der Waals surface area contributed by atoms with E-state index < -0.39 is 18.0 Å². The third kappa shape index (κ3) is 6.19. The number of hydrogen-bond donors (Lipinski definition) is 3. The van der Waals surface area contributed by atoms with E-state index in [2.05, 4.69) is 5.32 Å². The standard InChI is InChI=1S/C12H19NO6/c14-10(7-8-3-2-6-19-8)13-9(12(17)18)4-1-5-11(15)16/h8-9H,1-7H2,(H,13,14)(H,15,16)(H,17,18)/t8?,9-/m1/s1. The Hall–Kier alpha value is -1.63. The largest absolute Gasteiger partial charge is 0.481 e. The van der Waals surface area contributed by atoms with E-state index in [0.717, 1.165) is 12.8 Å². The van der Waals surface area contributed by atoms with Gasteiger partial charge >= 0.3 is 11.9 Å². The van der Waals surface area contributed by atoms with E-state index in [-0.39, 0.29) is 37.7 Å². The van der Waals surface area contributed by atoms with Gasteiger partial charge in [0.1, 0.15) is 6.04 Å². The lowest BCUT2D eigenvalue weighted by atomic mass is 10.1. The molecule has 2 atom stereocenters. The zero-order chi connectivity index (χ0) is 14.3. The van der Waals surface area contributed by atoms with Crippen molar-refractivity contribution in [2.75, 3.05) is 6.61 Å². The van der Waals surface area contributed by atoms with Crippen LogP contribution < -0.4 is 5.32 Å². The predicted molar refractivity (Wildman–Crippen MR) is 64.6 cm³/mol. The number of carbonyl (C=O) groups is 3. The monoisotopic (exact) mass is 273 g/mol. The van der Waals surface area contributed by atoms with Gasteiger partial charge in [0.25, 0.3) is 0 Å². The Morgan fingerprint density at radius 3 is 2.58 bits per heavy atom. The van der Waals surface area contributed by atoms with Gasteiger partial charge in [0, 0.05) is 13.0 Å². The van der Waals surface area contributed by atoms with Crippen molar-refractivity contribution >= 4 is 17.8 Å². The van der Waals surface area contributed by atoms with E-state index in [1.165, 1.54) is 0 Å². The van der Waals surface area contributed by atoms with Gasteiger partial charge in [-0.1, -0.05) is 0 Å². The Labute approximate surface area is 110 Å². The lowest BCUT2D eigenvalue weighted by Crippen LogP contribution is -2.41. The van der Waals surface area contributed by atoms with Gasteiger partial charge in [-0.25, -0.2) is 4.79 Å². The highest BCUT2D eigenvalue weighted by atomic mass is 16.5. The average Bonchev–Trinajstić information content (AvgIpc) is 2.79. The summed E-state index contributed by atoms with van der Waals surface area (Å²) in [7, 11) is 0. The molecule has 1 rings (SSSR count). The molecule has 0 aliphatic carbocycles. The summed E-state index contributed by atoms with van der Waals surface area (Å²) in [6.45, 7) is 0.638. The number of aliphatic carboxylic acids is 2. The third-order valence-electron chi connectivity index (χ3n) is 2.95. The molecule has 1 heterocycles. The van der Waals surface area contributed by atoms with Crippen molar-refractivity contribution in [2.24, 2.45) is 0 Å². The van der Waals surface area contributed by atoms with Crippen LogP contribution in [0.4, 0.5) is 0 Å². The highest BCUT2D eigenvalue weighted by molar-refractivity contribution is 5.83. The van der Waals surface area contributed by atoms with Gasteiger partial charge in [-0.3, -0.25) is 9.59 Å². The molecule has 1 saturated heterocycles. The number of ether oxygens (including phenoxy) is 1. The molecule has 0 saturated carbocycles. The first-order valence-electron chi connectivity index (χ1n) is 6.34. The van der Waals surface area contributed by atoms with Gasteiger partial charge in [-0.2, -0.15) is 0 Å². The number of amides is 1. The minimum atomic E-state index is -1.15. The second-order valence-electron chi connectivity index (χ2n) is 4.58. The summed E-state index contributed by atoms with van der Waals surface area (Å²) >= 11 is 0. The molecule has 0 aromatic heterocycles. The van der Waals surface area contributed by atoms with Crippen molar-refractivity contribution in [2.45, 2.75) is 50.7 Å². The minimum absolute atomic E-state index is 0.106. The van der Waals surface area contributed by atoms with Gasteiger partial charge in [-0.05, 0) is 25.7 Å². The Morgan fingerprint density at radius 1 is 1.32 bits per heavy atom. The van der Waals surface area contributed by atoms with Crippen LogP contribution in [0, 0.1) is 0 Å². The van der Waals surface area contributed by atoms with Crippen LogP contribution in [0.1, 0.15) is 38.5 Å². The number of rotatable bonds is 8. The zero-order valence-electron chi connectivity index (χ0n) is 10.6. The normalized spacial score (nSPS) is 19.9. The fraction of sp³-hybridized carbons (Fsp3) is 0.750. The molecule has 7 heteroatoms. The number of carbonyl (C=O) groups excluding carboxylic acids is 1. The first-order valence-corrected chi connectivity index (χ1v) is 6.34. The Balaban J connectivity index is 2.32. The summed E-state index contributed by atoms with van der Waals surface area (Å²) in [6.07, 6.45) is 1.97. The van der Waals surface area contributed by atoms with Crippen LogP contribution in [-0.4, -0.2) is 46.8 Å². The van der Waals surface area contributed by atoms with E-state index in [4.69, 9.17) is 14.9 Å². The molecule has 0 aromatic rings. The van der Waals surface area contributed by atoms with Gasteiger partial charge < -0.3 is 20.3 Å². The molecule has 0 aromatic carbocycles. The SMILES string of the molecule is O=C(O)CCC[C@@H](NC(=O)CC1CCCO1)C(=O)O. The fourth-order valence-corrected chi connectivity index (χ4v) is 1.98. The summed E-state index contributed by atoms with van der Waals surface area (Å²) in [4.78, 5) is 32.9. The smallest absolute Gasteiger partial charge is 0.326 e. The van der Waals surface area contributed by atoms with Crippen molar-refractivity contribution < 1.29 is 29.3 Å². The van der Waals surface area contributed by atoms with E-state index in [1.54, 1.807) is 0 Å². The lowest BCUT2D eigenvalue weighted by molar-refractivity contribution is -0.143. The van der Waals surface area contributed by atoms with Crippen LogP contribution in [0.2, 0.25) is 0 Å². The molecule has 1 aliphatic rings. The van der Waals surface area contributed by atoms with Crippen molar-refractivity contribution in [1.29, 1.82) is 0 Å². The van der Waals surface area contributed by atoms with E-state index >= 15 is 0 Å². The van der Waals surface area contributed by atoms with Crippen LogP contribution in [0.5, 0.6) is 0 Å². The number of carboxylic acids is 2. The van der Waals surface area contributed by atoms with Crippen LogP contribution in [0.15, 0.2) is 0 Å². The predicted octanol–water partition coefficient (Wildman–Crippen LogP) is 0.380. The van der Waals surface area contributed by atoms with Gasteiger partial charge in [-0.15, -0.1) is 0 Å². The van der Waals surface area contributed by atoms with Crippen LogP contribution in [0.25, 0.3) is 0 Å². The molecule has 108 valence electrons. The molecule has 1 amide bonds. The fourth-order valence-electron chi connectivity index (χ4n) is 1.98. The lowest BCUT2D eigenvalue weighted by Gasteiger charge is -2.15. The van der Waals surface area contributed by atoms with Crippen LogP contribution in [-0.2, 0) is 19.1 Å². The molecule has 3 N–H and O–H groups in total. The van der Waals surface area contributed by atoms with Crippen molar-refractivity contribution in [3.63, 3.8) is 0 Å². The summed E-state index contributed by atoms with van der Waals surface area (Å²) in [5.74, 6) is -2.49. The molecule has 1 fully saturated rings. The van der Waals surface area contributed by atoms with Gasteiger partial charge in [0.2, 0.25) is 5.91 Å². The highest BCUT2D eigenvalue weighted by Crippen LogP contribution is 2.15. The maximum absolute atomic E-state index is 11.6. The van der Waals surface area contributed by atoms with Crippen LogP contribution >= 0.6 is 0 Å².